The molecule has 9 heteroatoms. The summed E-state index contributed by atoms with van der Waals surface area (Å²) in [5.74, 6) is -1.01. The number of amides is 1. The number of aromatic nitrogens is 2. The molecule has 0 saturated heterocycles. The Morgan fingerprint density at radius 1 is 1.00 bits per heavy atom. The molecule has 0 saturated carbocycles. The molecular weight excluding hydrogens is 399 g/mol. The van der Waals surface area contributed by atoms with E-state index in [0.29, 0.717) is 11.4 Å². The smallest absolute Gasteiger partial charge is 0.427 e. The van der Waals surface area contributed by atoms with Gasteiger partial charge in [0.1, 0.15) is 5.75 Å². The van der Waals surface area contributed by atoms with Gasteiger partial charge < -0.3 is 10.1 Å². The van der Waals surface area contributed by atoms with E-state index in [0.717, 1.165) is 10.9 Å². The van der Waals surface area contributed by atoms with E-state index in [4.69, 9.17) is 4.74 Å². The maximum absolute atomic E-state index is 13.3. The van der Waals surface area contributed by atoms with Gasteiger partial charge in [0.2, 0.25) is 0 Å². The molecule has 3 rings (SSSR count). The fourth-order valence-corrected chi connectivity index (χ4v) is 2.66. The second-order valence-electron chi connectivity index (χ2n) is 6.32. The fourth-order valence-electron chi connectivity index (χ4n) is 2.66. The number of benzene rings is 2. The number of alkyl halides is 3. The van der Waals surface area contributed by atoms with Gasteiger partial charge in [0.05, 0.1) is 11.3 Å². The Hall–Kier alpha value is -3.62. The van der Waals surface area contributed by atoms with E-state index >= 15 is 0 Å². The molecule has 0 aliphatic rings. The summed E-state index contributed by atoms with van der Waals surface area (Å²) in [6, 6.07) is 16.6. The monoisotopic (exact) mass is 417 g/mol. The van der Waals surface area contributed by atoms with Crippen molar-refractivity contribution in [3.63, 3.8) is 0 Å². The Kier molecular flexibility index (Phi) is 6.51. The molecule has 0 fully saturated rings. The van der Waals surface area contributed by atoms with Crippen LogP contribution in [-0.2, 0) is 11.0 Å². The van der Waals surface area contributed by atoms with Crippen LogP contribution in [0.5, 0.6) is 5.75 Å². The van der Waals surface area contributed by atoms with Gasteiger partial charge in [0.15, 0.2) is 5.69 Å². The molecule has 6 nitrogen and oxygen atoms in total. The van der Waals surface area contributed by atoms with Crippen LogP contribution in [0.4, 0.5) is 13.2 Å². The normalized spacial score (nSPS) is 11.2. The van der Waals surface area contributed by atoms with Gasteiger partial charge in [-0.15, -0.1) is 0 Å². The third-order valence-electron chi connectivity index (χ3n) is 4.07. The van der Waals surface area contributed by atoms with Crippen LogP contribution in [-0.4, -0.2) is 28.2 Å². The van der Waals surface area contributed by atoms with Gasteiger partial charge >= 0.3 is 12.1 Å². The summed E-state index contributed by atoms with van der Waals surface area (Å²) in [4.78, 5) is 24.1. The first-order chi connectivity index (χ1) is 14.3. The molecule has 0 unspecified atom stereocenters. The molecule has 1 heterocycles. The van der Waals surface area contributed by atoms with E-state index < -0.39 is 29.3 Å². The molecule has 0 atom stereocenters. The first kappa shape index (κ1) is 21.1. The van der Waals surface area contributed by atoms with Crippen molar-refractivity contribution in [1.82, 2.24) is 15.1 Å². The third-order valence-corrected chi connectivity index (χ3v) is 4.07. The molecule has 0 aliphatic carbocycles. The van der Waals surface area contributed by atoms with E-state index in [1.807, 2.05) is 0 Å². The number of esters is 1. The van der Waals surface area contributed by atoms with E-state index in [2.05, 4.69) is 10.4 Å². The highest BCUT2D eigenvalue weighted by Crippen LogP contribution is 2.31. The van der Waals surface area contributed by atoms with Gasteiger partial charge in [-0.3, -0.25) is 9.59 Å². The average molecular weight is 417 g/mol. The van der Waals surface area contributed by atoms with Crippen LogP contribution in [0.3, 0.4) is 0 Å². The molecule has 0 radical (unpaired) electrons. The predicted octanol–water partition coefficient (Wildman–Crippen LogP) is 4.01. The van der Waals surface area contributed by atoms with Crippen molar-refractivity contribution >= 4 is 11.9 Å². The van der Waals surface area contributed by atoms with Crippen molar-refractivity contribution in [2.75, 3.05) is 6.54 Å². The second kappa shape index (κ2) is 9.25. The standard InChI is InChI=1S/C21H18F3N3O3/c22-21(23,24)19-17(14-27(26-19)15-8-3-1-4-9-15)20(29)25-13-7-12-18(28)30-16-10-5-2-6-11-16/h1-6,8-11,14H,7,12-13H2,(H,25,29). The number of carbonyl (C=O) groups is 2. The zero-order valence-electron chi connectivity index (χ0n) is 15.7. The van der Waals surface area contributed by atoms with Crippen molar-refractivity contribution in [2.24, 2.45) is 0 Å². The molecule has 30 heavy (non-hydrogen) atoms. The maximum Gasteiger partial charge on any atom is 0.435 e. The topological polar surface area (TPSA) is 73.2 Å². The van der Waals surface area contributed by atoms with Gasteiger partial charge in [0, 0.05) is 19.2 Å². The SMILES string of the molecule is O=C(CCCNC(=O)c1cn(-c2ccccc2)nc1C(F)(F)F)Oc1ccccc1. The number of hydrogen-bond acceptors (Lipinski definition) is 4. The van der Waals surface area contributed by atoms with Gasteiger partial charge in [-0.25, -0.2) is 4.68 Å². The van der Waals surface area contributed by atoms with Crippen LogP contribution < -0.4 is 10.1 Å². The van der Waals surface area contributed by atoms with Crippen LogP contribution in [0.15, 0.2) is 66.9 Å². The molecular formula is C21H18F3N3O3. The summed E-state index contributed by atoms with van der Waals surface area (Å²) in [6.45, 7) is 0.0105. The van der Waals surface area contributed by atoms with Crippen molar-refractivity contribution < 1.29 is 27.5 Å². The molecule has 1 N–H and O–H groups in total. The number of para-hydroxylation sites is 2. The Bertz CT molecular complexity index is 1000. The minimum absolute atomic E-state index is 0.00454. The lowest BCUT2D eigenvalue weighted by molar-refractivity contribution is -0.141. The highest BCUT2D eigenvalue weighted by Gasteiger charge is 2.39. The minimum atomic E-state index is -4.79. The molecule has 156 valence electrons. The van der Waals surface area contributed by atoms with Crippen molar-refractivity contribution in [3.8, 4) is 11.4 Å². The summed E-state index contributed by atoms with van der Waals surface area (Å²) in [5, 5.41) is 5.93. The molecule has 1 aromatic heterocycles. The summed E-state index contributed by atoms with van der Waals surface area (Å²) in [7, 11) is 0. The largest absolute Gasteiger partial charge is 0.435 e. The van der Waals surface area contributed by atoms with Crippen molar-refractivity contribution in [1.29, 1.82) is 0 Å². The maximum atomic E-state index is 13.3. The number of carbonyl (C=O) groups excluding carboxylic acids is 2. The van der Waals surface area contributed by atoms with E-state index in [1.54, 1.807) is 60.7 Å². The molecule has 0 bridgehead atoms. The van der Waals surface area contributed by atoms with Crippen LogP contribution in [0, 0.1) is 0 Å². The van der Waals surface area contributed by atoms with Crippen molar-refractivity contribution in [2.45, 2.75) is 19.0 Å². The number of halogens is 3. The van der Waals surface area contributed by atoms with Crippen LogP contribution in [0.1, 0.15) is 28.9 Å². The van der Waals surface area contributed by atoms with Crippen LogP contribution >= 0.6 is 0 Å². The predicted molar refractivity (Wildman–Crippen MR) is 102 cm³/mol. The van der Waals surface area contributed by atoms with E-state index in [9.17, 15) is 22.8 Å². The first-order valence-corrected chi connectivity index (χ1v) is 9.11. The third kappa shape index (κ3) is 5.47. The number of hydrogen-bond donors (Lipinski definition) is 1. The number of ether oxygens (including phenoxy) is 1. The quantitative estimate of drug-likeness (QED) is 0.358. The summed E-state index contributed by atoms with van der Waals surface area (Å²) >= 11 is 0. The Balaban J connectivity index is 1.59. The number of nitrogens with zero attached hydrogens (tertiary/aromatic N) is 2. The zero-order chi connectivity index (χ0) is 21.6. The van der Waals surface area contributed by atoms with Crippen molar-refractivity contribution in [3.05, 3.63) is 78.1 Å². The first-order valence-electron chi connectivity index (χ1n) is 9.11. The Morgan fingerprint density at radius 2 is 1.63 bits per heavy atom. The number of rotatable bonds is 7. The molecule has 0 spiro atoms. The second-order valence-corrected chi connectivity index (χ2v) is 6.32. The number of nitrogens with one attached hydrogen (secondary N) is 1. The van der Waals surface area contributed by atoms with Crippen LogP contribution in [0.2, 0.25) is 0 Å². The minimum Gasteiger partial charge on any atom is -0.427 e. The van der Waals surface area contributed by atoms with Gasteiger partial charge in [0.25, 0.3) is 5.91 Å². The summed E-state index contributed by atoms with van der Waals surface area (Å²) < 4.78 is 46.1. The molecule has 3 aromatic rings. The molecule has 2 aromatic carbocycles. The van der Waals surface area contributed by atoms with Gasteiger partial charge in [-0.05, 0) is 30.7 Å². The lowest BCUT2D eigenvalue weighted by Gasteiger charge is -2.07. The van der Waals surface area contributed by atoms with Crippen LogP contribution in [0.25, 0.3) is 5.69 Å². The lowest BCUT2D eigenvalue weighted by Crippen LogP contribution is -2.27. The highest BCUT2D eigenvalue weighted by molar-refractivity contribution is 5.95. The fraction of sp³-hybridized carbons (Fsp3) is 0.190. The zero-order valence-corrected chi connectivity index (χ0v) is 15.7. The molecule has 0 aliphatic heterocycles. The van der Waals surface area contributed by atoms with E-state index in [-0.39, 0.29) is 19.4 Å². The Morgan fingerprint density at radius 3 is 2.27 bits per heavy atom. The lowest BCUT2D eigenvalue weighted by atomic mass is 10.2. The summed E-state index contributed by atoms with van der Waals surface area (Å²) in [5.41, 5.74) is -1.46. The molecule has 1 amide bonds. The summed E-state index contributed by atoms with van der Waals surface area (Å²) in [6.07, 6.45) is -3.53. The van der Waals surface area contributed by atoms with E-state index in [1.165, 1.54) is 0 Å². The van der Waals surface area contributed by atoms with Gasteiger partial charge in [-0.1, -0.05) is 36.4 Å². The van der Waals surface area contributed by atoms with Gasteiger partial charge in [-0.2, -0.15) is 18.3 Å². The average Bonchev–Trinajstić information content (AvgIpc) is 3.19. The highest BCUT2D eigenvalue weighted by atomic mass is 19.4. The Labute approximate surface area is 170 Å².